The summed E-state index contributed by atoms with van der Waals surface area (Å²) < 4.78 is 22.3. The van der Waals surface area contributed by atoms with Crippen molar-refractivity contribution < 1.29 is 38.7 Å². The van der Waals surface area contributed by atoms with Crippen LogP contribution in [-0.4, -0.2) is 37.7 Å². The van der Waals surface area contributed by atoms with Crippen molar-refractivity contribution in [3.8, 4) is 11.5 Å². The maximum Gasteiger partial charge on any atom is 0.263 e. The molecule has 0 aromatic heterocycles. The van der Waals surface area contributed by atoms with E-state index in [1.807, 2.05) is 0 Å². The highest BCUT2D eigenvalue weighted by molar-refractivity contribution is 5.86. The standard InChI is InChI=1S/C18H16O8/c19-15(20)11-1-5-13(6-2-11)25-17-18(24-10-9-23-17)26-14-7-3-12(4-8-14)16(21)22/h1-8,17-18H,9-10H2,(H,19,20)(H,21,22)/p-2/t17-,18-/m1/s1. The van der Waals surface area contributed by atoms with Crippen LogP contribution in [0.5, 0.6) is 11.5 Å². The van der Waals surface area contributed by atoms with E-state index in [0.717, 1.165) is 0 Å². The molecule has 2 aromatic carbocycles. The molecule has 1 aliphatic rings. The van der Waals surface area contributed by atoms with Gasteiger partial charge in [-0.15, -0.1) is 0 Å². The predicted octanol–water partition coefficient (Wildman–Crippen LogP) is -0.430. The van der Waals surface area contributed by atoms with Gasteiger partial charge in [-0.1, -0.05) is 0 Å². The van der Waals surface area contributed by atoms with Crippen LogP contribution in [0.3, 0.4) is 0 Å². The first-order chi connectivity index (χ1) is 12.5. The van der Waals surface area contributed by atoms with Gasteiger partial charge in [0.2, 0.25) is 0 Å². The van der Waals surface area contributed by atoms with Crippen molar-refractivity contribution in [3.05, 3.63) is 59.7 Å². The number of carbonyl (C=O) groups is 2. The summed E-state index contributed by atoms with van der Waals surface area (Å²) >= 11 is 0. The van der Waals surface area contributed by atoms with E-state index in [1.165, 1.54) is 48.5 Å². The van der Waals surface area contributed by atoms with Gasteiger partial charge in [-0.05, 0) is 59.7 Å². The third kappa shape index (κ3) is 4.29. The quantitative estimate of drug-likeness (QED) is 0.683. The smallest absolute Gasteiger partial charge is 0.263 e. The molecule has 3 rings (SSSR count). The maximum atomic E-state index is 10.8. The molecule has 0 bridgehead atoms. The van der Waals surface area contributed by atoms with E-state index in [2.05, 4.69) is 0 Å². The number of aromatic carboxylic acids is 2. The average molecular weight is 358 g/mol. The van der Waals surface area contributed by atoms with E-state index in [4.69, 9.17) is 18.9 Å². The summed E-state index contributed by atoms with van der Waals surface area (Å²) in [5.41, 5.74) is 0.0537. The number of rotatable bonds is 6. The van der Waals surface area contributed by atoms with Crippen molar-refractivity contribution in [1.29, 1.82) is 0 Å². The third-order valence-electron chi connectivity index (χ3n) is 3.55. The first kappa shape index (κ1) is 17.7. The van der Waals surface area contributed by atoms with Crippen LogP contribution < -0.4 is 19.7 Å². The summed E-state index contributed by atoms with van der Waals surface area (Å²) in [5.74, 6) is -1.83. The average Bonchev–Trinajstić information content (AvgIpc) is 2.64. The molecule has 0 N–H and O–H groups in total. The van der Waals surface area contributed by atoms with Crippen molar-refractivity contribution in [1.82, 2.24) is 0 Å². The van der Waals surface area contributed by atoms with Gasteiger partial charge in [0.05, 0.1) is 25.2 Å². The minimum Gasteiger partial charge on any atom is -0.545 e. The van der Waals surface area contributed by atoms with Crippen LogP contribution in [-0.2, 0) is 9.47 Å². The van der Waals surface area contributed by atoms with Gasteiger partial charge in [0.15, 0.2) is 0 Å². The van der Waals surface area contributed by atoms with Gasteiger partial charge >= 0.3 is 0 Å². The molecule has 136 valence electrons. The van der Waals surface area contributed by atoms with Crippen LogP contribution in [0.25, 0.3) is 0 Å². The topological polar surface area (TPSA) is 117 Å². The van der Waals surface area contributed by atoms with Gasteiger partial charge in [-0.25, -0.2) is 0 Å². The fourth-order valence-corrected chi connectivity index (χ4v) is 2.27. The van der Waals surface area contributed by atoms with Crippen molar-refractivity contribution in [2.24, 2.45) is 0 Å². The van der Waals surface area contributed by atoms with Crippen LogP contribution in [0.4, 0.5) is 0 Å². The number of hydrogen-bond acceptors (Lipinski definition) is 8. The van der Waals surface area contributed by atoms with Crippen LogP contribution in [0, 0.1) is 0 Å². The Morgan fingerprint density at radius 3 is 1.38 bits per heavy atom. The van der Waals surface area contributed by atoms with Crippen LogP contribution >= 0.6 is 0 Å². The Balaban J connectivity index is 1.67. The van der Waals surface area contributed by atoms with Gasteiger partial charge < -0.3 is 38.7 Å². The summed E-state index contributed by atoms with van der Waals surface area (Å²) in [6, 6.07) is 11.3. The van der Waals surface area contributed by atoms with Crippen molar-refractivity contribution in [2.45, 2.75) is 12.6 Å². The largest absolute Gasteiger partial charge is 0.545 e. The molecule has 0 saturated carbocycles. The fourth-order valence-electron chi connectivity index (χ4n) is 2.27. The van der Waals surface area contributed by atoms with Gasteiger partial charge in [0, 0.05) is 0 Å². The van der Waals surface area contributed by atoms with Crippen LogP contribution in [0.15, 0.2) is 48.5 Å². The Hall–Kier alpha value is -3.10. The lowest BCUT2D eigenvalue weighted by molar-refractivity contribution is -0.271. The van der Waals surface area contributed by atoms with Crippen LogP contribution in [0.1, 0.15) is 20.7 Å². The van der Waals surface area contributed by atoms with Gasteiger partial charge in [0.25, 0.3) is 12.6 Å². The minimum absolute atomic E-state index is 0.0268. The summed E-state index contributed by atoms with van der Waals surface area (Å²) in [6.45, 7) is 0.594. The molecule has 0 aliphatic carbocycles. The minimum atomic E-state index is -1.28. The molecule has 1 fully saturated rings. The Labute approximate surface area is 148 Å². The molecule has 26 heavy (non-hydrogen) atoms. The lowest BCUT2D eigenvalue weighted by Crippen LogP contribution is -2.45. The first-order valence-corrected chi connectivity index (χ1v) is 7.72. The maximum absolute atomic E-state index is 10.8. The highest BCUT2D eigenvalue weighted by atomic mass is 16.8. The van der Waals surface area contributed by atoms with E-state index in [-0.39, 0.29) is 11.1 Å². The number of ether oxygens (including phenoxy) is 4. The summed E-state index contributed by atoms with van der Waals surface area (Å²) in [6.07, 6.45) is -1.78. The van der Waals surface area contributed by atoms with Gasteiger partial charge in [-0.3, -0.25) is 0 Å². The Kier molecular flexibility index (Phi) is 5.35. The molecule has 2 atom stereocenters. The molecule has 8 nitrogen and oxygen atoms in total. The second-order valence-electron chi connectivity index (χ2n) is 5.34. The molecule has 0 spiro atoms. The Morgan fingerprint density at radius 2 is 1.08 bits per heavy atom. The summed E-state index contributed by atoms with van der Waals surface area (Å²) in [5, 5.41) is 21.5. The van der Waals surface area contributed by atoms with Crippen molar-refractivity contribution in [2.75, 3.05) is 13.2 Å². The molecule has 0 amide bonds. The second kappa shape index (κ2) is 7.85. The molecule has 8 heteroatoms. The normalized spacial score (nSPS) is 19.5. The van der Waals surface area contributed by atoms with Crippen molar-refractivity contribution in [3.63, 3.8) is 0 Å². The van der Waals surface area contributed by atoms with E-state index >= 15 is 0 Å². The molecule has 2 aromatic rings. The molecular formula is C18H14O8-2. The molecule has 1 aliphatic heterocycles. The lowest BCUT2D eigenvalue weighted by atomic mass is 10.2. The number of hydrogen-bond donors (Lipinski definition) is 0. The third-order valence-corrected chi connectivity index (χ3v) is 3.55. The highest BCUT2D eigenvalue weighted by Gasteiger charge is 2.31. The highest BCUT2D eigenvalue weighted by Crippen LogP contribution is 2.22. The monoisotopic (exact) mass is 358 g/mol. The molecule has 0 unspecified atom stereocenters. The predicted molar refractivity (Wildman–Crippen MR) is 82.3 cm³/mol. The van der Waals surface area contributed by atoms with E-state index in [9.17, 15) is 19.8 Å². The molecule has 1 heterocycles. The van der Waals surface area contributed by atoms with Gasteiger partial charge in [-0.2, -0.15) is 0 Å². The zero-order chi connectivity index (χ0) is 18.5. The molecule has 0 radical (unpaired) electrons. The number of carbonyl (C=O) groups excluding carboxylic acids is 2. The van der Waals surface area contributed by atoms with Crippen LogP contribution in [0.2, 0.25) is 0 Å². The SMILES string of the molecule is O=C([O-])c1ccc(O[C@H]2OCCO[C@@H]2Oc2ccc(C(=O)[O-])cc2)cc1. The fraction of sp³-hybridized carbons (Fsp3) is 0.222. The van der Waals surface area contributed by atoms with E-state index in [0.29, 0.717) is 24.7 Å². The second-order valence-corrected chi connectivity index (χ2v) is 5.34. The Morgan fingerprint density at radius 1 is 0.731 bits per heavy atom. The number of benzene rings is 2. The Bertz CT molecular complexity index is 701. The first-order valence-electron chi connectivity index (χ1n) is 7.72. The summed E-state index contributed by atoms with van der Waals surface area (Å²) in [7, 11) is 0. The number of carboxylic acid groups (broad SMARTS) is 2. The van der Waals surface area contributed by atoms with E-state index < -0.39 is 24.5 Å². The van der Waals surface area contributed by atoms with Gasteiger partial charge in [0.1, 0.15) is 11.5 Å². The lowest BCUT2D eigenvalue weighted by Gasteiger charge is -2.31. The number of carboxylic acids is 2. The molecular weight excluding hydrogens is 344 g/mol. The molecule has 1 saturated heterocycles. The van der Waals surface area contributed by atoms with Crippen molar-refractivity contribution >= 4 is 11.9 Å². The zero-order valence-electron chi connectivity index (χ0n) is 13.5. The van der Waals surface area contributed by atoms with E-state index in [1.54, 1.807) is 0 Å². The zero-order valence-corrected chi connectivity index (χ0v) is 13.5. The summed E-state index contributed by atoms with van der Waals surface area (Å²) in [4.78, 5) is 21.5.